The van der Waals surface area contributed by atoms with Crippen molar-refractivity contribution < 1.29 is 4.74 Å². The van der Waals surface area contributed by atoms with Gasteiger partial charge in [0.1, 0.15) is 0 Å². The van der Waals surface area contributed by atoms with Gasteiger partial charge in [-0.3, -0.25) is 4.99 Å². The van der Waals surface area contributed by atoms with Crippen molar-refractivity contribution in [3.05, 3.63) is 0 Å². The van der Waals surface area contributed by atoms with Crippen molar-refractivity contribution in [1.82, 2.24) is 5.32 Å². The molecule has 4 nitrogen and oxygen atoms in total. The lowest BCUT2D eigenvalue weighted by atomic mass is 9.94. The molecule has 1 aliphatic heterocycles. The van der Waals surface area contributed by atoms with E-state index in [4.69, 9.17) is 10.5 Å². The summed E-state index contributed by atoms with van der Waals surface area (Å²) in [4.78, 5) is 4.62. The minimum absolute atomic E-state index is 0.0406. The number of hydrogen-bond donors (Lipinski definition) is 2. The Bertz CT molecular complexity index is 295. The van der Waals surface area contributed by atoms with E-state index in [9.17, 15) is 0 Å². The Morgan fingerprint density at radius 1 is 1.22 bits per heavy atom. The molecule has 0 aromatic rings. The van der Waals surface area contributed by atoms with Gasteiger partial charge in [-0.1, -0.05) is 19.3 Å². The van der Waals surface area contributed by atoms with Gasteiger partial charge < -0.3 is 15.8 Å². The molecule has 2 fully saturated rings. The summed E-state index contributed by atoms with van der Waals surface area (Å²) >= 11 is 0. The van der Waals surface area contributed by atoms with Crippen LogP contribution in [0.15, 0.2) is 4.99 Å². The van der Waals surface area contributed by atoms with Gasteiger partial charge in [0.15, 0.2) is 5.96 Å². The Labute approximate surface area is 110 Å². The summed E-state index contributed by atoms with van der Waals surface area (Å²) in [5, 5.41) is 3.37. The number of guanidine groups is 1. The zero-order valence-corrected chi connectivity index (χ0v) is 11.7. The highest BCUT2D eigenvalue weighted by Gasteiger charge is 2.29. The number of ether oxygens (including phenoxy) is 1. The third-order valence-electron chi connectivity index (χ3n) is 3.95. The maximum absolute atomic E-state index is 6.02. The van der Waals surface area contributed by atoms with E-state index >= 15 is 0 Å². The highest BCUT2D eigenvalue weighted by molar-refractivity contribution is 5.78. The van der Waals surface area contributed by atoms with Crippen LogP contribution in [-0.2, 0) is 4.74 Å². The molecule has 1 aliphatic carbocycles. The molecule has 1 atom stereocenters. The molecule has 1 unspecified atom stereocenters. The van der Waals surface area contributed by atoms with E-state index in [0.717, 1.165) is 19.4 Å². The van der Waals surface area contributed by atoms with Crippen LogP contribution in [0.25, 0.3) is 0 Å². The summed E-state index contributed by atoms with van der Waals surface area (Å²) in [7, 11) is 0. The first-order valence-corrected chi connectivity index (χ1v) is 7.29. The average molecular weight is 253 g/mol. The number of hydrogen-bond acceptors (Lipinski definition) is 2. The first-order valence-electron chi connectivity index (χ1n) is 7.29. The van der Waals surface area contributed by atoms with Crippen LogP contribution in [0.2, 0.25) is 0 Å². The third-order valence-corrected chi connectivity index (χ3v) is 3.95. The summed E-state index contributed by atoms with van der Waals surface area (Å²) in [6.07, 6.45) is 8.35. The largest absolute Gasteiger partial charge is 0.375 e. The lowest BCUT2D eigenvalue weighted by molar-refractivity contribution is -0.0605. The predicted molar refractivity (Wildman–Crippen MR) is 74.7 cm³/mol. The topological polar surface area (TPSA) is 59.6 Å². The maximum Gasteiger partial charge on any atom is 0.189 e. The maximum atomic E-state index is 6.02. The molecule has 0 aromatic heterocycles. The Hall–Kier alpha value is -0.770. The van der Waals surface area contributed by atoms with E-state index < -0.39 is 0 Å². The molecular formula is C14H27N3O. The molecule has 1 saturated carbocycles. The Kier molecular flexibility index (Phi) is 4.49. The third kappa shape index (κ3) is 4.16. The Morgan fingerprint density at radius 3 is 2.61 bits per heavy atom. The van der Waals surface area contributed by atoms with Crippen LogP contribution >= 0.6 is 0 Å². The standard InChI is InChI=1S/C14H27N3O/c1-14(2)10-12(8-9-18-14)17-13(15)16-11-6-4-3-5-7-11/h11-12H,3-10H2,1-2H3,(H3,15,16,17). The van der Waals surface area contributed by atoms with Gasteiger partial charge in [0.05, 0.1) is 11.6 Å². The van der Waals surface area contributed by atoms with E-state index in [0.29, 0.717) is 18.0 Å². The molecule has 104 valence electrons. The summed E-state index contributed by atoms with van der Waals surface area (Å²) in [5.41, 5.74) is 5.98. The molecule has 0 spiro atoms. The van der Waals surface area contributed by atoms with E-state index in [1.807, 2.05) is 0 Å². The number of aliphatic imine (C=N–C) groups is 1. The van der Waals surface area contributed by atoms with Crippen LogP contribution in [-0.4, -0.2) is 30.3 Å². The number of nitrogens with zero attached hydrogens (tertiary/aromatic N) is 1. The monoisotopic (exact) mass is 253 g/mol. The van der Waals surface area contributed by atoms with Crippen LogP contribution < -0.4 is 11.1 Å². The van der Waals surface area contributed by atoms with E-state index in [2.05, 4.69) is 24.2 Å². The second-order valence-electron chi connectivity index (χ2n) is 6.25. The van der Waals surface area contributed by atoms with Crippen LogP contribution in [0.3, 0.4) is 0 Å². The molecule has 1 saturated heterocycles. The van der Waals surface area contributed by atoms with Crippen molar-refractivity contribution in [3.8, 4) is 0 Å². The summed E-state index contributed by atoms with van der Waals surface area (Å²) in [6, 6.07) is 0.847. The molecule has 0 bridgehead atoms. The fourth-order valence-electron chi connectivity index (χ4n) is 3.01. The Balaban J connectivity index is 1.82. The van der Waals surface area contributed by atoms with Gasteiger partial charge in [-0.15, -0.1) is 0 Å². The molecular weight excluding hydrogens is 226 g/mol. The quantitative estimate of drug-likeness (QED) is 0.586. The summed E-state index contributed by atoms with van der Waals surface area (Å²) in [5.74, 6) is 0.629. The zero-order chi connectivity index (χ0) is 13.0. The lowest BCUT2D eigenvalue weighted by Crippen LogP contribution is -2.48. The molecule has 2 rings (SSSR count). The van der Waals surface area contributed by atoms with Gasteiger partial charge in [0.25, 0.3) is 0 Å². The van der Waals surface area contributed by atoms with Crippen molar-refractivity contribution in [3.63, 3.8) is 0 Å². The fraction of sp³-hybridized carbons (Fsp3) is 0.929. The van der Waals surface area contributed by atoms with E-state index in [1.54, 1.807) is 0 Å². The number of nitrogens with one attached hydrogen (secondary N) is 1. The van der Waals surface area contributed by atoms with Crippen molar-refractivity contribution >= 4 is 5.96 Å². The number of rotatable bonds is 2. The Morgan fingerprint density at radius 2 is 1.94 bits per heavy atom. The molecule has 2 aliphatic rings. The second-order valence-corrected chi connectivity index (χ2v) is 6.25. The van der Waals surface area contributed by atoms with Gasteiger partial charge in [-0.25, -0.2) is 0 Å². The second kappa shape index (κ2) is 5.91. The zero-order valence-electron chi connectivity index (χ0n) is 11.7. The van der Waals surface area contributed by atoms with E-state index in [1.165, 1.54) is 32.1 Å². The van der Waals surface area contributed by atoms with Crippen molar-refractivity contribution in [2.75, 3.05) is 6.61 Å². The highest BCUT2D eigenvalue weighted by atomic mass is 16.5. The van der Waals surface area contributed by atoms with Crippen molar-refractivity contribution in [2.24, 2.45) is 10.7 Å². The summed E-state index contributed by atoms with van der Waals surface area (Å²) in [6.45, 7) is 5.08. The highest BCUT2D eigenvalue weighted by Crippen LogP contribution is 2.24. The van der Waals surface area contributed by atoms with Crippen LogP contribution in [0, 0.1) is 0 Å². The molecule has 0 aromatic carbocycles. The fourth-order valence-corrected chi connectivity index (χ4v) is 3.01. The van der Waals surface area contributed by atoms with Gasteiger partial charge in [-0.05, 0) is 39.5 Å². The summed E-state index contributed by atoms with van der Waals surface area (Å²) < 4.78 is 5.71. The van der Waals surface area contributed by atoms with Crippen LogP contribution in [0.1, 0.15) is 58.8 Å². The minimum Gasteiger partial charge on any atom is -0.375 e. The van der Waals surface area contributed by atoms with Crippen molar-refractivity contribution in [1.29, 1.82) is 0 Å². The molecule has 18 heavy (non-hydrogen) atoms. The first kappa shape index (κ1) is 13.7. The smallest absolute Gasteiger partial charge is 0.189 e. The van der Waals surface area contributed by atoms with Crippen LogP contribution in [0.4, 0.5) is 0 Å². The lowest BCUT2D eigenvalue weighted by Gasteiger charge is -2.36. The SMILES string of the molecule is CC1(C)CC(NC(N)=NC2CCCCC2)CCO1. The normalized spacial score (nSPS) is 30.1. The van der Waals surface area contributed by atoms with Crippen LogP contribution in [0.5, 0.6) is 0 Å². The predicted octanol–water partition coefficient (Wildman–Crippen LogP) is 2.18. The van der Waals surface area contributed by atoms with Gasteiger partial charge in [0.2, 0.25) is 0 Å². The molecule has 4 heteroatoms. The molecule has 3 N–H and O–H groups in total. The van der Waals surface area contributed by atoms with Gasteiger partial charge in [0, 0.05) is 12.6 Å². The molecule has 0 amide bonds. The van der Waals surface area contributed by atoms with E-state index in [-0.39, 0.29) is 5.60 Å². The molecule has 1 heterocycles. The number of nitrogens with two attached hydrogens (primary N) is 1. The minimum atomic E-state index is -0.0406. The molecule has 0 radical (unpaired) electrons. The van der Waals surface area contributed by atoms with Gasteiger partial charge in [-0.2, -0.15) is 0 Å². The van der Waals surface area contributed by atoms with Crippen molar-refractivity contribution in [2.45, 2.75) is 76.5 Å². The van der Waals surface area contributed by atoms with Gasteiger partial charge >= 0.3 is 0 Å². The first-order chi connectivity index (χ1) is 8.55. The average Bonchev–Trinajstić information content (AvgIpc) is 2.28.